The molecule has 1 fully saturated rings. The van der Waals surface area contributed by atoms with E-state index in [1.807, 2.05) is 25.2 Å². The van der Waals surface area contributed by atoms with Crippen molar-refractivity contribution in [1.82, 2.24) is 9.80 Å². The first-order chi connectivity index (χ1) is 12.1. The lowest BCUT2D eigenvalue weighted by atomic mass is 10.1. The number of hydrogen-bond donors (Lipinski definition) is 1. The Bertz CT molecular complexity index is 538. The highest BCUT2D eigenvalue weighted by molar-refractivity contribution is 5.69. The highest BCUT2D eigenvalue weighted by atomic mass is 16.5. The zero-order valence-corrected chi connectivity index (χ0v) is 15.3. The smallest absolute Gasteiger partial charge is 0.317 e. The summed E-state index contributed by atoms with van der Waals surface area (Å²) < 4.78 is 11.7. The number of carboxylic acids is 1. The summed E-state index contributed by atoms with van der Waals surface area (Å²) in [7, 11) is 1.81. The fourth-order valence-corrected chi connectivity index (χ4v) is 3.02. The summed E-state index contributed by atoms with van der Waals surface area (Å²) in [4.78, 5) is 14.9. The van der Waals surface area contributed by atoms with Crippen molar-refractivity contribution in [2.75, 3.05) is 46.4 Å². The van der Waals surface area contributed by atoms with Gasteiger partial charge in [0, 0.05) is 31.7 Å². The molecule has 2 rings (SSSR count). The Balaban J connectivity index is 1.88. The first kappa shape index (κ1) is 19.7. The van der Waals surface area contributed by atoms with Gasteiger partial charge in [-0.3, -0.25) is 14.6 Å². The van der Waals surface area contributed by atoms with E-state index in [0.717, 1.165) is 44.8 Å². The Morgan fingerprint density at radius 2 is 2.24 bits per heavy atom. The summed E-state index contributed by atoms with van der Waals surface area (Å²) >= 11 is 0. The molecule has 0 bridgehead atoms. The maximum atomic E-state index is 10.8. The van der Waals surface area contributed by atoms with Crippen LogP contribution in [0.4, 0.5) is 0 Å². The number of ether oxygens (including phenoxy) is 2. The molecular weight excluding hydrogens is 320 g/mol. The summed E-state index contributed by atoms with van der Waals surface area (Å²) in [6.07, 6.45) is 2.22. The van der Waals surface area contributed by atoms with E-state index in [4.69, 9.17) is 14.6 Å². The second-order valence-corrected chi connectivity index (χ2v) is 6.63. The summed E-state index contributed by atoms with van der Waals surface area (Å²) in [5, 5.41) is 8.87. The molecule has 1 aliphatic heterocycles. The van der Waals surface area contributed by atoms with Crippen LogP contribution in [0.1, 0.15) is 25.3 Å². The number of rotatable bonds is 10. The van der Waals surface area contributed by atoms with Gasteiger partial charge >= 0.3 is 5.97 Å². The van der Waals surface area contributed by atoms with Gasteiger partial charge in [-0.2, -0.15) is 0 Å². The number of para-hydroxylation sites is 1. The maximum Gasteiger partial charge on any atom is 0.317 e. The number of carbonyl (C=O) groups is 1. The number of morpholine rings is 1. The zero-order valence-electron chi connectivity index (χ0n) is 15.3. The van der Waals surface area contributed by atoms with Gasteiger partial charge < -0.3 is 14.6 Å². The third-order valence-electron chi connectivity index (χ3n) is 4.27. The van der Waals surface area contributed by atoms with Crippen LogP contribution in [0.25, 0.3) is 0 Å². The molecule has 1 aliphatic rings. The minimum absolute atomic E-state index is 0.0336. The third kappa shape index (κ3) is 7.02. The third-order valence-corrected chi connectivity index (χ3v) is 4.27. The highest BCUT2D eigenvalue weighted by Crippen LogP contribution is 2.21. The number of carboxylic acid groups (broad SMARTS) is 1. The molecule has 0 aromatic heterocycles. The predicted octanol–water partition coefficient (Wildman–Crippen LogP) is 2.08. The van der Waals surface area contributed by atoms with Crippen LogP contribution in [0.3, 0.4) is 0 Å². The van der Waals surface area contributed by atoms with Crippen LogP contribution in [0.2, 0.25) is 0 Å². The minimum Gasteiger partial charge on any atom is -0.493 e. The molecule has 0 amide bonds. The Labute approximate surface area is 150 Å². The summed E-state index contributed by atoms with van der Waals surface area (Å²) in [5.74, 6) is 0.148. The van der Waals surface area contributed by atoms with Gasteiger partial charge in [-0.1, -0.05) is 31.5 Å². The number of nitrogens with zero attached hydrogens (tertiary/aromatic N) is 2. The standard InChI is InChI=1S/C19H30N2O4/c1-3-4-10-25-18-8-6-5-7-16(18)12-21-9-11-24-17(14-21)13-20(2)15-19(22)23/h5-8,17H,3-4,9-15H2,1-2H3,(H,22,23). The quantitative estimate of drug-likeness (QED) is 0.652. The van der Waals surface area contributed by atoms with Crippen molar-refractivity contribution in [1.29, 1.82) is 0 Å². The lowest BCUT2D eigenvalue weighted by Gasteiger charge is -2.34. The molecule has 1 N–H and O–H groups in total. The lowest BCUT2D eigenvalue weighted by Crippen LogP contribution is -2.47. The molecule has 6 heteroatoms. The van der Waals surface area contributed by atoms with Crippen LogP contribution < -0.4 is 4.74 Å². The first-order valence-corrected chi connectivity index (χ1v) is 9.03. The van der Waals surface area contributed by atoms with Crippen LogP contribution in [-0.2, 0) is 16.1 Å². The Hall–Kier alpha value is -1.63. The van der Waals surface area contributed by atoms with E-state index < -0.39 is 5.97 Å². The number of aliphatic carboxylic acids is 1. The van der Waals surface area contributed by atoms with Crippen molar-refractivity contribution in [3.05, 3.63) is 29.8 Å². The molecule has 1 aromatic rings. The maximum absolute atomic E-state index is 10.8. The molecule has 0 saturated carbocycles. The molecule has 0 aliphatic carbocycles. The Morgan fingerprint density at radius 3 is 3.00 bits per heavy atom. The van der Waals surface area contributed by atoms with Crippen molar-refractivity contribution in [3.8, 4) is 5.75 Å². The summed E-state index contributed by atoms with van der Waals surface area (Å²) in [5.41, 5.74) is 1.19. The second kappa shape index (κ2) is 10.4. The Morgan fingerprint density at radius 1 is 1.44 bits per heavy atom. The second-order valence-electron chi connectivity index (χ2n) is 6.63. The molecule has 1 aromatic carbocycles. The monoisotopic (exact) mass is 350 g/mol. The average Bonchev–Trinajstić information content (AvgIpc) is 2.56. The number of likely N-dealkylation sites (N-methyl/N-ethyl adjacent to an activating group) is 1. The van der Waals surface area contributed by atoms with Crippen LogP contribution in [-0.4, -0.2) is 73.4 Å². The number of hydrogen-bond acceptors (Lipinski definition) is 5. The molecule has 1 unspecified atom stereocenters. The molecule has 140 valence electrons. The largest absolute Gasteiger partial charge is 0.493 e. The fourth-order valence-electron chi connectivity index (χ4n) is 3.02. The fraction of sp³-hybridized carbons (Fsp3) is 0.632. The van der Waals surface area contributed by atoms with Crippen molar-refractivity contribution < 1.29 is 19.4 Å². The molecular formula is C19H30N2O4. The molecule has 25 heavy (non-hydrogen) atoms. The number of benzene rings is 1. The minimum atomic E-state index is -0.812. The van der Waals surface area contributed by atoms with E-state index in [9.17, 15) is 4.79 Å². The van der Waals surface area contributed by atoms with Gasteiger partial charge in [0.1, 0.15) is 5.75 Å². The molecule has 1 saturated heterocycles. The van der Waals surface area contributed by atoms with Crippen LogP contribution >= 0.6 is 0 Å². The van der Waals surface area contributed by atoms with Gasteiger partial charge in [0.2, 0.25) is 0 Å². The van der Waals surface area contributed by atoms with E-state index in [1.165, 1.54) is 5.56 Å². The van der Waals surface area contributed by atoms with Gasteiger partial charge in [0.25, 0.3) is 0 Å². The number of unbranched alkanes of at least 4 members (excludes halogenated alkanes) is 1. The Kier molecular flexibility index (Phi) is 8.18. The predicted molar refractivity (Wildman–Crippen MR) is 97.0 cm³/mol. The molecule has 0 spiro atoms. The summed E-state index contributed by atoms with van der Waals surface area (Å²) in [6.45, 7) is 6.74. The van der Waals surface area contributed by atoms with E-state index in [-0.39, 0.29) is 12.6 Å². The van der Waals surface area contributed by atoms with Crippen molar-refractivity contribution in [3.63, 3.8) is 0 Å². The van der Waals surface area contributed by atoms with Crippen LogP contribution in [0, 0.1) is 0 Å². The lowest BCUT2D eigenvalue weighted by molar-refractivity contribution is -0.138. The van der Waals surface area contributed by atoms with Crippen LogP contribution in [0.15, 0.2) is 24.3 Å². The highest BCUT2D eigenvalue weighted by Gasteiger charge is 2.23. The van der Waals surface area contributed by atoms with E-state index in [1.54, 1.807) is 4.90 Å². The van der Waals surface area contributed by atoms with Gasteiger partial charge in [-0.15, -0.1) is 0 Å². The average molecular weight is 350 g/mol. The molecule has 1 heterocycles. The molecule has 0 radical (unpaired) electrons. The van der Waals surface area contributed by atoms with Crippen molar-refractivity contribution in [2.45, 2.75) is 32.4 Å². The first-order valence-electron chi connectivity index (χ1n) is 9.03. The SMILES string of the molecule is CCCCOc1ccccc1CN1CCOC(CN(C)CC(=O)O)C1. The van der Waals surface area contributed by atoms with E-state index in [2.05, 4.69) is 17.9 Å². The normalized spacial score (nSPS) is 18.4. The van der Waals surface area contributed by atoms with Crippen molar-refractivity contribution >= 4 is 5.97 Å². The molecule has 6 nitrogen and oxygen atoms in total. The van der Waals surface area contributed by atoms with Gasteiger partial charge in [0.05, 0.1) is 25.9 Å². The van der Waals surface area contributed by atoms with Gasteiger partial charge in [0.15, 0.2) is 0 Å². The topological polar surface area (TPSA) is 62.2 Å². The van der Waals surface area contributed by atoms with E-state index >= 15 is 0 Å². The van der Waals surface area contributed by atoms with Gasteiger partial charge in [-0.05, 0) is 19.5 Å². The molecule has 1 atom stereocenters. The van der Waals surface area contributed by atoms with Crippen molar-refractivity contribution in [2.24, 2.45) is 0 Å². The van der Waals surface area contributed by atoms with Crippen LogP contribution in [0.5, 0.6) is 5.75 Å². The zero-order chi connectivity index (χ0) is 18.1. The van der Waals surface area contributed by atoms with E-state index in [0.29, 0.717) is 13.2 Å². The van der Waals surface area contributed by atoms with Gasteiger partial charge in [-0.25, -0.2) is 0 Å². The summed E-state index contributed by atoms with van der Waals surface area (Å²) in [6, 6.07) is 8.19.